The minimum Gasteiger partial charge on any atom is -0.399 e. The number of hydrogen-bond donors (Lipinski definition) is 3. The van der Waals surface area contributed by atoms with Crippen molar-refractivity contribution in [2.24, 2.45) is 5.14 Å². The Bertz CT molecular complexity index is 804. The van der Waals surface area contributed by atoms with Crippen LogP contribution in [0.15, 0.2) is 35.2 Å². The second kappa shape index (κ2) is 5.34. The van der Waals surface area contributed by atoms with Gasteiger partial charge in [0, 0.05) is 11.4 Å². The lowest BCUT2D eigenvalue weighted by atomic mass is 10.1. The second-order valence-corrected chi connectivity index (χ2v) is 6.37. The molecule has 7 heteroatoms. The van der Waals surface area contributed by atoms with Crippen LogP contribution >= 0.6 is 0 Å². The Labute approximate surface area is 122 Å². The number of nitrogens with one attached hydrogen (secondary N) is 1. The summed E-state index contributed by atoms with van der Waals surface area (Å²) in [6, 6.07) is 7.41. The number of anilines is 3. The van der Waals surface area contributed by atoms with Gasteiger partial charge in [0.05, 0.1) is 10.6 Å². The Morgan fingerprint density at radius 3 is 2.38 bits per heavy atom. The van der Waals surface area contributed by atoms with Crippen molar-refractivity contribution in [3.63, 3.8) is 0 Å². The minimum absolute atomic E-state index is 0.0851. The molecule has 0 aliphatic heterocycles. The number of nitrogen functional groups attached to an aromatic ring is 1. The SMILES string of the molecule is Cc1ccc(F)c(Nc2cc(N)cc(S(N)(=O)=O)c2C)c1. The Morgan fingerprint density at radius 2 is 1.76 bits per heavy atom. The van der Waals surface area contributed by atoms with Crippen LogP contribution in [0.4, 0.5) is 21.5 Å². The molecule has 0 saturated carbocycles. The third kappa shape index (κ3) is 3.32. The summed E-state index contributed by atoms with van der Waals surface area (Å²) in [6.07, 6.45) is 0. The monoisotopic (exact) mass is 309 g/mol. The molecule has 2 aromatic rings. The zero-order chi connectivity index (χ0) is 15.8. The standard InChI is InChI=1S/C14H16FN3O2S/c1-8-3-4-11(15)13(5-8)18-12-6-10(16)7-14(9(12)2)21(17,19)20/h3-7,18H,16H2,1-2H3,(H2,17,19,20). The maximum absolute atomic E-state index is 13.8. The largest absolute Gasteiger partial charge is 0.399 e. The zero-order valence-electron chi connectivity index (χ0n) is 11.6. The third-order valence-corrected chi connectivity index (χ3v) is 4.12. The lowest BCUT2D eigenvalue weighted by molar-refractivity contribution is 0.597. The molecule has 0 saturated heterocycles. The van der Waals surface area contributed by atoms with Crippen molar-refractivity contribution in [3.05, 3.63) is 47.3 Å². The predicted molar refractivity (Wildman–Crippen MR) is 81.4 cm³/mol. The van der Waals surface area contributed by atoms with Gasteiger partial charge in [-0.3, -0.25) is 0 Å². The van der Waals surface area contributed by atoms with Crippen molar-refractivity contribution in [3.8, 4) is 0 Å². The van der Waals surface area contributed by atoms with Crippen LogP contribution in [-0.2, 0) is 10.0 Å². The molecule has 0 spiro atoms. The molecular formula is C14H16FN3O2S. The summed E-state index contributed by atoms with van der Waals surface area (Å²) in [7, 11) is -3.90. The summed E-state index contributed by atoms with van der Waals surface area (Å²) in [5.74, 6) is -0.445. The molecule has 0 amide bonds. The molecule has 0 radical (unpaired) electrons. The van der Waals surface area contributed by atoms with Crippen LogP contribution in [0.1, 0.15) is 11.1 Å². The van der Waals surface area contributed by atoms with E-state index in [0.29, 0.717) is 11.3 Å². The van der Waals surface area contributed by atoms with E-state index in [0.717, 1.165) is 5.56 Å². The first kappa shape index (κ1) is 15.3. The zero-order valence-corrected chi connectivity index (χ0v) is 12.5. The van der Waals surface area contributed by atoms with Gasteiger partial charge in [-0.15, -0.1) is 0 Å². The normalized spacial score (nSPS) is 11.4. The lowest BCUT2D eigenvalue weighted by Gasteiger charge is -2.14. The molecule has 0 fully saturated rings. The Kier molecular flexibility index (Phi) is 3.89. The quantitative estimate of drug-likeness (QED) is 0.758. The van der Waals surface area contributed by atoms with Crippen molar-refractivity contribution in [2.75, 3.05) is 11.1 Å². The van der Waals surface area contributed by atoms with Crippen LogP contribution in [0, 0.1) is 19.7 Å². The molecule has 0 atom stereocenters. The number of nitrogens with two attached hydrogens (primary N) is 2. The number of primary sulfonamides is 1. The average Bonchev–Trinajstić information content (AvgIpc) is 2.36. The molecule has 0 aliphatic carbocycles. The highest BCUT2D eigenvalue weighted by Crippen LogP contribution is 2.29. The predicted octanol–water partition coefficient (Wildman–Crippen LogP) is 2.42. The lowest BCUT2D eigenvalue weighted by Crippen LogP contribution is -2.15. The van der Waals surface area contributed by atoms with Crippen LogP contribution in [0.25, 0.3) is 0 Å². The smallest absolute Gasteiger partial charge is 0.238 e. The third-order valence-electron chi connectivity index (χ3n) is 3.08. The van der Waals surface area contributed by atoms with Crippen molar-refractivity contribution >= 4 is 27.1 Å². The fourth-order valence-corrected chi connectivity index (χ4v) is 2.85. The highest BCUT2D eigenvalue weighted by atomic mass is 32.2. The summed E-state index contributed by atoms with van der Waals surface area (Å²) < 4.78 is 36.9. The highest BCUT2D eigenvalue weighted by molar-refractivity contribution is 7.89. The van der Waals surface area contributed by atoms with Gasteiger partial charge in [0.2, 0.25) is 10.0 Å². The molecule has 21 heavy (non-hydrogen) atoms. The number of halogens is 1. The number of benzene rings is 2. The first-order chi connectivity index (χ1) is 9.68. The fraction of sp³-hybridized carbons (Fsp3) is 0.143. The maximum Gasteiger partial charge on any atom is 0.238 e. The van der Waals surface area contributed by atoms with Crippen molar-refractivity contribution in [1.82, 2.24) is 0 Å². The Morgan fingerprint density at radius 1 is 1.10 bits per heavy atom. The number of rotatable bonds is 3. The molecule has 0 heterocycles. The second-order valence-electron chi connectivity index (χ2n) is 4.84. The molecule has 0 aliphatic rings. The summed E-state index contributed by atoms with van der Waals surface area (Å²) in [4.78, 5) is -0.0851. The topological polar surface area (TPSA) is 98.2 Å². The van der Waals surface area contributed by atoms with Crippen LogP contribution in [0.3, 0.4) is 0 Å². The van der Waals surface area contributed by atoms with Gasteiger partial charge in [0.15, 0.2) is 0 Å². The number of sulfonamides is 1. The van der Waals surface area contributed by atoms with Gasteiger partial charge in [-0.2, -0.15) is 0 Å². The van der Waals surface area contributed by atoms with E-state index in [9.17, 15) is 12.8 Å². The summed E-state index contributed by atoms with van der Waals surface area (Å²) in [5.41, 5.74) is 7.80. The Balaban J connectivity index is 2.55. The summed E-state index contributed by atoms with van der Waals surface area (Å²) >= 11 is 0. The van der Waals surface area contributed by atoms with Crippen molar-refractivity contribution in [1.29, 1.82) is 0 Å². The van der Waals surface area contributed by atoms with E-state index in [1.165, 1.54) is 18.2 Å². The highest BCUT2D eigenvalue weighted by Gasteiger charge is 2.16. The number of aryl methyl sites for hydroxylation is 1. The first-order valence-electron chi connectivity index (χ1n) is 6.14. The molecule has 2 aromatic carbocycles. The molecule has 112 valence electrons. The van der Waals surface area contributed by atoms with E-state index in [2.05, 4.69) is 5.32 Å². The molecule has 0 unspecified atom stereocenters. The molecular weight excluding hydrogens is 293 g/mol. The Hall–Kier alpha value is -2.12. The van der Waals surface area contributed by atoms with Crippen LogP contribution < -0.4 is 16.2 Å². The van der Waals surface area contributed by atoms with E-state index in [-0.39, 0.29) is 16.3 Å². The molecule has 0 bridgehead atoms. The van der Waals surface area contributed by atoms with Gasteiger partial charge >= 0.3 is 0 Å². The van der Waals surface area contributed by atoms with Gasteiger partial charge in [-0.1, -0.05) is 6.07 Å². The van der Waals surface area contributed by atoms with E-state index >= 15 is 0 Å². The van der Waals surface area contributed by atoms with Gasteiger partial charge in [0.25, 0.3) is 0 Å². The molecule has 5 nitrogen and oxygen atoms in total. The minimum atomic E-state index is -3.90. The molecule has 5 N–H and O–H groups in total. The van der Waals surface area contributed by atoms with Gasteiger partial charge in [-0.05, 0) is 49.2 Å². The van der Waals surface area contributed by atoms with E-state index in [4.69, 9.17) is 10.9 Å². The van der Waals surface area contributed by atoms with E-state index in [1.54, 1.807) is 19.1 Å². The van der Waals surface area contributed by atoms with Gasteiger partial charge in [0.1, 0.15) is 5.82 Å². The molecule has 2 rings (SSSR count). The van der Waals surface area contributed by atoms with E-state index in [1.807, 2.05) is 6.92 Å². The van der Waals surface area contributed by atoms with Crippen molar-refractivity contribution in [2.45, 2.75) is 18.7 Å². The van der Waals surface area contributed by atoms with Crippen LogP contribution in [0.2, 0.25) is 0 Å². The van der Waals surface area contributed by atoms with Crippen LogP contribution in [0.5, 0.6) is 0 Å². The van der Waals surface area contributed by atoms with Gasteiger partial charge in [-0.25, -0.2) is 17.9 Å². The van der Waals surface area contributed by atoms with Crippen LogP contribution in [-0.4, -0.2) is 8.42 Å². The molecule has 0 aromatic heterocycles. The summed E-state index contributed by atoms with van der Waals surface area (Å²) in [6.45, 7) is 3.40. The fourth-order valence-electron chi connectivity index (χ4n) is 2.01. The van der Waals surface area contributed by atoms with E-state index < -0.39 is 15.8 Å². The average molecular weight is 309 g/mol. The summed E-state index contributed by atoms with van der Waals surface area (Å²) in [5, 5.41) is 8.02. The van der Waals surface area contributed by atoms with Gasteiger partial charge < -0.3 is 11.1 Å². The number of hydrogen-bond acceptors (Lipinski definition) is 4. The first-order valence-corrected chi connectivity index (χ1v) is 7.69. The maximum atomic E-state index is 13.8. The van der Waals surface area contributed by atoms with Crippen molar-refractivity contribution < 1.29 is 12.8 Å².